The molecule has 0 heterocycles. The van der Waals surface area contributed by atoms with Crippen molar-refractivity contribution in [2.24, 2.45) is 5.41 Å². The molecule has 0 aromatic carbocycles. The van der Waals surface area contributed by atoms with E-state index in [-0.39, 0.29) is 24.0 Å². The third kappa shape index (κ3) is 5.38. The molecule has 2 N–H and O–H groups in total. The van der Waals surface area contributed by atoms with Crippen LogP contribution < -0.4 is 10.6 Å². The van der Waals surface area contributed by atoms with Crippen LogP contribution >= 0.6 is 0 Å². The van der Waals surface area contributed by atoms with Gasteiger partial charge in [0.05, 0.1) is 6.61 Å². The van der Waals surface area contributed by atoms with Crippen molar-refractivity contribution in [1.82, 2.24) is 10.6 Å². The third-order valence-corrected chi connectivity index (χ3v) is 3.24. The van der Waals surface area contributed by atoms with E-state index in [9.17, 15) is 9.59 Å². The second-order valence-electron chi connectivity index (χ2n) is 5.59. The fourth-order valence-corrected chi connectivity index (χ4v) is 2.42. The van der Waals surface area contributed by atoms with Gasteiger partial charge in [-0.1, -0.05) is 20.3 Å². The van der Waals surface area contributed by atoms with Crippen molar-refractivity contribution in [3.05, 3.63) is 0 Å². The number of ether oxygens (including phenoxy) is 1. The smallest absolute Gasteiger partial charge is 0.325 e. The minimum Gasteiger partial charge on any atom is -0.465 e. The van der Waals surface area contributed by atoms with Crippen LogP contribution in [0.1, 0.15) is 46.5 Å². The molecule has 0 bridgehead atoms. The number of carbonyl (C=O) groups excluding carboxylic acids is 2. The maximum Gasteiger partial charge on any atom is 0.325 e. The molecule has 0 saturated heterocycles. The maximum absolute atomic E-state index is 11.6. The number of hydrogen-bond acceptors (Lipinski definition) is 3. The Hall–Kier alpha value is -1.26. The highest BCUT2D eigenvalue weighted by molar-refractivity contribution is 5.80. The van der Waals surface area contributed by atoms with E-state index in [0.29, 0.717) is 6.61 Å². The summed E-state index contributed by atoms with van der Waals surface area (Å²) in [5.74, 6) is -0.406. The van der Waals surface area contributed by atoms with Crippen LogP contribution in [0.5, 0.6) is 0 Å². The van der Waals surface area contributed by atoms with Crippen LogP contribution in [0.4, 0.5) is 4.79 Å². The number of urea groups is 1. The molecule has 5 nitrogen and oxygen atoms in total. The van der Waals surface area contributed by atoms with Crippen molar-refractivity contribution in [1.29, 1.82) is 0 Å². The molecule has 1 rings (SSSR count). The predicted octanol–water partition coefficient (Wildman–Crippen LogP) is 1.82. The van der Waals surface area contributed by atoms with Crippen molar-refractivity contribution >= 4 is 12.0 Å². The molecule has 0 radical (unpaired) electrons. The van der Waals surface area contributed by atoms with Crippen molar-refractivity contribution in [3.63, 3.8) is 0 Å². The standard InChI is InChI=1S/C13H24N2O3/c1-4-18-11(16)9-14-12(17)15-10-6-5-7-13(2,3)8-10/h10H,4-9H2,1-3H3,(H2,14,15,17). The lowest BCUT2D eigenvalue weighted by molar-refractivity contribution is -0.141. The number of nitrogens with one attached hydrogen (secondary N) is 2. The van der Waals surface area contributed by atoms with Gasteiger partial charge in [-0.3, -0.25) is 4.79 Å². The summed E-state index contributed by atoms with van der Waals surface area (Å²) >= 11 is 0. The quantitative estimate of drug-likeness (QED) is 0.754. The van der Waals surface area contributed by atoms with E-state index < -0.39 is 5.97 Å². The lowest BCUT2D eigenvalue weighted by Crippen LogP contribution is -2.46. The molecule has 104 valence electrons. The fourth-order valence-electron chi connectivity index (χ4n) is 2.42. The van der Waals surface area contributed by atoms with Crippen molar-refractivity contribution < 1.29 is 14.3 Å². The zero-order chi connectivity index (χ0) is 13.6. The van der Waals surface area contributed by atoms with Crippen LogP contribution in [0.15, 0.2) is 0 Å². The van der Waals surface area contributed by atoms with Crippen LogP contribution in [0.3, 0.4) is 0 Å². The van der Waals surface area contributed by atoms with E-state index in [1.165, 1.54) is 6.42 Å². The number of hydrogen-bond donors (Lipinski definition) is 2. The summed E-state index contributed by atoms with van der Waals surface area (Å²) < 4.78 is 4.73. The van der Waals surface area contributed by atoms with E-state index >= 15 is 0 Å². The number of esters is 1. The normalized spacial score (nSPS) is 22.1. The summed E-state index contributed by atoms with van der Waals surface area (Å²) in [4.78, 5) is 22.7. The predicted molar refractivity (Wildman–Crippen MR) is 69.2 cm³/mol. The molecule has 2 amide bonds. The number of amides is 2. The minimum atomic E-state index is -0.406. The van der Waals surface area contributed by atoms with Gasteiger partial charge in [-0.25, -0.2) is 4.79 Å². The summed E-state index contributed by atoms with van der Waals surface area (Å²) in [6.07, 6.45) is 4.33. The Morgan fingerprint density at radius 3 is 2.72 bits per heavy atom. The minimum absolute atomic E-state index is 0.0736. The van der Waals surface area contributed by atoms with E-state index in [2.05, 4.69) is 24.5 Å². The second-order valence-corrected chi connectivity index (χ2v) is 5.59. The molecule has 0 spiro atoms. The van der Waals surface area contributed by atoms with Gasteiger partial charge >= 0.3 is 12.0 Å². The van der Waals surface area contributed by atoms with Gasteiger partial charge in [-0.2, -0.15) is 0 Å². The first-order valence-electron chi connectivity index (χ1n) is 6.63. The molecular formula is C13H24N2O3. The SMILES string of the molecule is CCOC(=O)CNC(=O)NC1CCCC(C)(C)C1. The highest BCUT2D eigenvalue weighted by Gasteiger charge is 2.28. The first kappa shape index (κ1) is 14.8. The highest BCUT2D eigenvalue weighted by atomic mass is 16.5. The molecular weight excluding hydrogens is 232 g/mol. The van der Waals surface area contributed by atoms with Crippen molar-refractivity contribution in [3.8, 4) is 0 Å². The topological polar surface area (TPSA) is 67.4 Å². The number of rotatable bonds is 4. The molecule has 1 atom stereocenters. The Balaban J connectivity index is 2.25. The van der Waals surface area contributed by atoms with E-state index in [1.807, 2.05) is 0 Å². The van der Waals surface area contributed by atoms with Gasteiger partial charge in [0.25, 0.3) is 0 Å². The Bertz CT molecular complexity index is 303. The second kappa shape index (κ2) is 6.61. The molecule has 0 aliphatic heterocycles. The molecule has 0 aromatic heterocycles. The monoisotopic (exact) mass is 256 g/mol. The van der Waals surface area contributed by atoms with Gasteiger partial charge in [0, 0.05) is 6.04 Å². The maximum atomic E-state index is 11.6. The Morgan fingerprint density at radius 1 is 1.39 bits per heavy atom. The van der Waals surface area contributed by atoms with Gasteiger partial charge in [-0.05, 0) is 31.6 Å². The first-order chi connectivity index (χ1) is 8.43. The highest BCUT2D eigenvalue weighted by Crippen LogP contribution is 2.34. The Morgan fingerprint density at radius 2 is 2.11 bits per heavy atom. The average Bonchev–Trinajstić information content (AvgIpc) is 2.25. The van der Waals surface area contributed by atoms with Crippen molar-refractivity contribution in [2.45, 2.75) is 52.5 Å². The van der Waals surface area contributed by atoms with E-state index in [0.717, 1.165) is 19.3 Å². The van der Waals surface area contributed by atoms with Gasteiger partial charge in [0.1, 0.15) is 6.54 Å². The van der Waals surface area contributed by atoms with Crippen molar-refractivity contribution in [2.75, 3.05) is 13.2 Å². The van der Waals surface area contributed by atoms with Gasteiger partial charge in [0.15, 0.2) is 0 Å². The van der Waals surface area contributed by atoms with Crippen LogP contribution in [0, 0.1) is 5.41 Å². The molecule has 0 aromatic rings. The first-order valence-corrected chi connectivity index (χ1v) is 6.63. The van der Waals surface area contributed by atoms with E-state index in [4.69, 9.17) is 4.74 Å². The summed E-state index contributed by atoms with van der Waals surface area (Å²) in [6.45, 7) is 6.44. The lowest BCUT2D eigenvalue weighted by atomic mass is 9.75. The molecule has 1 fully saturated rings. The van der Waals surface area contributed by atoms with E-state index in [1.54, 1.807) is 6.92 Å². The van der Waals surface area contributed by atoms with Gasteiger partial charge in [-0.15, -0.1) is 0 Å². The zero-order valence-corrected chi connectivity index (χ0v) is 11.5. The summed E-state index contributed by atoms with van der Waals surface area (Å²) in [6, 6.07) is -0.0818. The molecule has 1 aliphatic carbocycles. The molecule has 5 heteroatoms. The van der Waals surface area contributed by atoms with Crippen LogP contribution in [0.25, 0.3) is 0 Å². The van der Waals surface area contributed by atoms with Crippen LogP contribution in [0.2, 0.25) is 0 Å². The average molecular weight is 256 g/mol. The molecule has 1 aliphatic rings. The van der Waals surface area contributed by atoms with Crippen LogP contribution in [-0.4, -0.2) is 31.2 Å². The lowest BCUT2D eigenvalue weighted by Gasteiger charge is -2.35. The van der Waals surface area contributed by atoms with Gasteiger partial charge in [0.2, 0.25) is 0 Å². The molecule has 1 saturated carbocycles. The molecule has 18 heavy (non-hydrogen) atoms. The summed E-state index contributed by atoms with van der Waals surface area (Å²) in [5.41, 5.74) is 0.289. The third-order valence-electron chi connectivity index (χ3n) is 3.24. The largest absolute Gasteiger partial charge is 0.465 e. The van der Waals surface area contributed by atoms with Crippen LogP contribution in [-0.2, 0) is 9.53 Å². The fraction of sp³-hybridized carbons (Fsp3) is 0.846. The number of carbonyl (C=O) groups is 2. The Labute approximate surface area is 109 Å². The zero-order valence-electron chi connectivity index (χ0n) is 11.5. The Kier molecular flexibility index (Phi) is 5.44. The van der Waals surface area contributed by atoms with Gasteiger partial charge < -0.3 is 15.4 Å². The summed E-state index contributed by atoms with van der Waals surface area (Å²) in [5, 5.41) is 5.43. The summed E-state index contributed by atoms with van der Waals surface area (Å²) in [7, 11) is 0. The molecule has 1 unspecified atom stereocenters.